The van der Waals surface area contributed by atoms with Crippen LogP contribution in [0.5, 0.6) is 0 Å². The predicted octanol–water partition coefficient (Wildman–Crippen LogP) is 6.21. The van der Waals surface area contributed by atoms with E-state index in [0.717, 1.165) is 25.7 Å². The summed E-state index contributed by atoms with van der Waals surface area (Å²) in [6.45, 7) is 0. The first-order valence-electron chi connectivity index (χ1n) is 10.2. The highest BCUT2D eigenvalue weighted by molar-refractivity contribution is 6.36. The van der Waals surface area contributed by atoms with Gasteiger partial charge in [0.25, 0.3) is 0 Å². The zero-order valence-electron chi connectivity index (χ0n) is 15.4. The molecule has 0 heterocycles. The summed E-state index contributed by atoms with van der Waals surface area (Å²) in [4.78, 5) is 0. The van der Waals surface area contributed by atoms with E-state index >= 15 is 0 Å². The number of hydrogen-bond donors (Lipinski definition) is 0. The van der Waals surface area contributed by atoms with E-state index in [0.29, 0.717) is 12.8 Å². The van der Waals surface area contributed by atoms with E-state index in [-0.39, 0.29) is 31.9 Å². The standard InChI is InChI=1S/C18H38F4Si2/c19-17(20)11-5-1-3-7-13-23-15-9-10-16-24-14-8-4-2-6-12-18(21)22/h17-18H,1-16,23-24H2. The third-order valence-electron chi connectivity index (χ3n) is 4.59. The minimum absolute atomic E-state index is 0.0804. The maximum absolute atomic E-state index is 11.9. The summed E-state index contributed by atoms with van der Waals surface area (Å²) in [6.07, 6.45) is 6.87. The topological polar surface area (TPSA) is 0 Å². The summed E-state index contributed by atoms with van der Waals surface area (Å²) in [5.41, 5.74) is 0. The van der Waals surface area contributed by atoms with Gasteiger partial charge in [0.1, 0.15) is 0 Å². The highest BCUT2D eigenvalue weighted by atomic mass is 28.2. The Hall–Kier alpha value is 0.154. The first kappa shape index (κ1) is 24.2. The minimum Gasteiger partial charge on any atom is -0.211 e. The van der Waals surface area contributed by atoms with Crippen molar-refractivity contribution in [2.24, 2.45) is 0 Å². The minimum atomic E-state index is -2.12. The molecule has 0 aliphatic heterocycles. The molecular weight excluding hydrogens is 348 g/mol. The normalized spacial score (nSPS) is 12.8. The van der Waals surface area contributed by atoms with Crippen LogP contribution in [0.3, 0.4) is 0 Å². The van der Waals surface area contributed by atoms with Crippen LogP contribution in [-0.2, 0) is 0 Å². The molecule has 0 fully saturated rings. The van der Waals surface area contributed by atoms with Crippen molar-refractivity contribution in [2.45, 2.75) is 114 Å². The fourth-order valence-corrected chi connectivity index (χ4v) is 6.61. The van der Waals surface area contributed by atoms with Crippen molar-refractivity contribution in [3.8, 4) is 0 Å². The number of unbranched alkanes of at least 4 members (excludes halogenated alkanes) is 7. The Bertz CT molecular complexity index is 217. The summed E-state index contributed by atoms with van der Waals surface area (Å²) >= 11 is 0. The first-order chi connectivity index (χ1) is 11.6. The van der Waals surface area contributed by atoms with Crippen molar-refractivity contribution in [1.29, 1.82) is 0 Å². The van der Waals surface area contributed by atoms with Gasteiger partial charge in [0, 0.05) is 31.9 Å². The highest BCUT2D eigenvalue weighted by Crippen LogP contribution is 2.12. The van der Waals surface area contributed by atoms with E-state index in [1.165, 1.54) is 49.9 Å². The van der Waals surface area contributed by atoms with Crippen LogP contribution in [0.1, 0.15) is 77.0 Å². The summed E-state index contributed by atoms with van der Waals surface area (Å²) < 4.78 is 47.8. The Balaban J connectivity index is 2.98. The summed E-state index contributed by atoms with van der Waals surface area (Å²) in [5, 5.41) is 0. The Morgan fingerprint density at radius 1 is 0.417 bits per heavy atom. The zero-order chi connectivity index (χ0) is 17.9. The van der Waals surface area contributed by atoms with Gasteiger partial charge in [0.05, 0.1) is 0 Å². The zero-order valence-corrected chi connectivity index (χ0v) is 18.2. The van der Waals surface area contributed by atoms with Crippen LogP contribution < -0.4 is 0 Å². The van der Waals surface area contributed by atoms with Crippen LogP contribution in [-0.4, -0.2) is 31.9 Å². The van der Waals surface area contributed by atoms with Crippen LogP contribution >= 0.6 is 0 Å². The van der Waals surface area contributed by atoms with Gasteiger partial charge in [-0.1, -0.05) is 75.5 Å². The molecule has 0 unspecified atom stereocenters. The summed E-state index contributed by atoms with van der Waals surface area (Å²) in [7, 11) is 0.214. The van der Waals surface area contributed by atoms with E-state index in [1.807, 2.05) is 0 Å². The first-order valence-corrected chi connectivity index (χ1v) is 14.2. The van der Waals surface area contributed by atoms with Gasteiger partial charge < -0.3 is 0 Å². The van der Waals surface area contributed by atoms with Gasteiger partial charge in [0.15, 0.2) is 0 Å². The maximum Gasteiger partial charge on any atom is 0.238 e. The van der Waals surface area contributed by atoms with Gasteiger partial charge in [-0.25, -0.2) is 17.6 Å². The van der Waals surface area contributed by atoms with Crippen LogP contribution in [0, 0.1) is 0 Å². The summed E-state index contributed by atoms with van der Waals surface area (Å²) in [5.74, 6) is 0. The van der Waals surface area contributed by atoms with Crippen molar-refractivity contribution < 1.29 is 17.6 Å². The number of rotatable bonds is 19. The lowest BCUT2D eigenvalue weighted by Gasteiger charge is -2.03. The van der Waals surface area contributed by atoms with E-state index in [1.54, 1.807) is 0 Å². The van der Waals surface area contributed by atoms with E-state index in [4.69, 9.17) is 0 Å². The molecule has 0 aliphatic rings. The van der Waals surface area contributed by atoms with Gasteiger partial charge in [-0.3, -0.25) is 0 Å². The number of alkyl halides is 4. The molecule has 146 valence electrons. The molecule has 0 aromatic carbocycles. The molecule has 0 saturated heterocycles. The predicted molar refractivity (Wildman–Crippen MR) is 104 cm³/mol. The van der Waals surface area contributed by atoms with Gasteiger partial charge >= 0.3 is 0 Å². The van der Waals surface area contributed by atoms with Crippen LogP contribution in [0.15, 0.2) is 0 Å². The molecule has 0 amide bonds. The van der Waals surface area contributed by atoms with Crippen LogP contribution in [0.25, 0.3) is 0 Å². The average Bonchev–Trinajstić information content (AvgIpc) is 2.53. The van der Waals surface area contributed by atoms with E-state index in [9.17, 15) is 17.6 Å². The molecule has 0 saturated carbocycles. The fraction of sp³-hybridized carbons (Fsp3) is 1.00. The van der Waals surface area contributed by atoms with Crippen molar-refractivity contribution in [2.75, 3.05) is 0 Å². The lowest BCUT2D eigenvalue weighted by Crippen LogP contribution is -1.94. The van der Waals surface area contributed by atoms with Gasteiger partial charge in [-0.2, -0.15) is 0 Å². The molecule has 24 heavy (non-hydrogen) atoms. The molecule has 0 spiro atoms. The Morgan fingerprint density at radius 2 is 0.708 bits per heavy atom. The number of halogens is 4. The van der Waals surface area contributed by atoms with E-state index in [2.05, 4.69) is 0 Å². The molecule has 0 atom stereocenters. The Kier molecular flexibility index (Phi) is 19.6. The monoisotopic (exact) mass is 386 g/mol. The average molecular weight is 387 g/mol. The second kappa shape index (κ2) is 19.5. The Labute approximate surface area is 151 Å². The second-order valence-electron chi connectivity index (χ2n) is 7.02. The van der Waals surface area contributed by atoms with Gasteiger partial charge in [-0.15, -0.1) is 0 Å². The van der Waals surface area contributed by atoms with Gasteiger partial charge in [0.2, 0.25) is 12.9 Å². The smallest absolute Gasteiger partial charge is 0.211 e. The lowest BCUT2D eigenvalue weighted by molar-refractivity contribution is 0.133. The van der Waals surface area contributed by atoms with Crippen molar-refractivity contribution in [3.63, 3.8) is 0 Å². The third kappa shape index (κ3) is 22.2. The molecular formula is C18H38F4Si2. The van der Waals surface area contributed by atoms with Crippen molar-refractivity contribution in [1.82, 2.24) is 0 Å². The molecule has 0 nitrogen and oxygen atoms in total. The van der Waals surface area contributed by atoms with Crippen molar-refractivity contribution >= 4 is 19.0 Å². The number of hydrogen-bond acceptors (Lipinski definition) is 0. The molecule has 0 N–H and O–H groups in total. The molecule has 0 radical (unpaired) electrons. The van der Waals surface area contributed by atoms with Gasteiger partial charge in [-0.05, 0) is 12.8 Å². The third-order valence-corrected chi connectivity index (χ3v) is 8.59. The maximum atomic E-state index is 11.9. The molecule has 6 heteroatoms. The molecule has 0 aromatic heterocycles. The molecule has 0 aliphatic carbocycles. The second-order valence-corrected chi connectivity index (χ2v) is 11.3. The fourth-order valence-electron chi connectivity index (χ4n) is 3.07. The Morgan fingerprint density at radius 3 is 1.04 bits per heavy atom. The van der Waals surface area contributed by atoms with Crippen LogP contribution in [0.2, 0.25) is 24.2 Å². The SMILES string of the molecule is FC(F)CCCCCC[SiH2]CCCC[SiH2]CCCCCCC(F)F. The highest BCUT2D eigenvalue weighted by Gasteiger charge is 2.02. The molecule has 0 aromatic rings. The largest absolute Gasteiger partial charge is 0.238 e. The van der Waals surface area contributed by atoms with E-state index < -0.39 is 12.9 Å². The van der Waals surface area contributed by atoms with Crippen molar-refractivity contribution in [3.05, 3.63) is 0 Å². The summed E-state index contributed by atoms with van der Waals surface area (Å²) in [6, 6.07) is 5.70. The van der Waals surface area contributed by atoms with Crippen LogP contribution in [0.4, 0.5) is 17.6 Å². The lowest BCUT2D eigenvalue weighted by atomic mass is 10.2. The quantitative estimate of drug-likeness (QED) is 0.141. The molecule has 0 rings (SSSR count). The molecule has 0 bridgehead atoms.